The Morgan fingerprint density at radius 3 is 2.19 bits per heavy atom. The van der Waals surface area contributed by atoms with E-state index < -0.39 is 11.3 Å². The van der Waals surface area contributed by atoms with Crippen molar-refractivity contribution in [2.45, 2.75) is 46.6 Å². The van der Waals surface area contributed by atoms with E-state index in [-0.39, 0.29) is 11.9 Å². The third kappa shape index (κ3) is 4.86. The van der Waals surface area contributed by atoms with Crippen LogP contribution in [-0.2, 0) is 4.79 Å². The summed E-state index contributed by atoms with van der Waals surface area (Å²) in [4.78, 5) is 23.4. The van der Waals surface area contributed by atoms with Gasteiger partial charge in [0.05, 0.1) is 6.04 Å². The molecule has 0 radical (unpaired) electrons. The van der Waals surface area contributed by atoms with Crippen molar-refractivity contribution < 1.29 is 14.8 Å². The fraction of sp³-hybridized carbons (Fsp3) is 0.500. The minimum Gasteiger partial charge on any atom is -0.349 e. The zero-order chi connectivity index (χ0) is 16.0. The van der Waals surface area contributed by atoms with Crippen LogP contribution in [0, 0.1) is 5.41 Å². The van der Waals surface area contributed by atoms with Gasteiger partial charge in [-0.15, -0.1) is 0 Å². The number of carbonyl (C=O) groups is 2. The van der Waals surface area contributed by atoms with E-state index >= 15 is 0 Å². The molecule has 2 amide bonds. The lowest BCUT2D eigenvalue weighted by atomic mass is 9.93. The number of hydrogen-bond donors (Lipinski definition) is 3. The van der Waals surface area contributed by atoms with Gasteiger partial charge in [-0.1, -0.05) is 46.2 Å². The maximum Gasteiger partial charge on any atom is 0.274 e. The Bertz CT molecular complexity index is 489. The molecule has 0 saturated heterocycles. The van der Waals surface area contributed by atoms with E-state index in [1.165, 1.54) is 0 Å². The van der Waals surface area contributed by atoms with Crippen LogP contribution in [0.4, 0.5) is 0 Å². The minimum absolute atomic E-state index is 0.00173. The van der Waals surface area contributed by atoms with Crippen LogP contribution in [0.2, 0.25) is 0 Å². The first-order valence-corrected chi connectivity index (χ1v) is 7.15. The van der Waals surface area contributed by atoms with Crippen molar-refractivity contribution in [1.29, 1.82) is 0 Å². The summed E-state index contributed by atoms with van der Waals surface area (Å²) in [6, 6.07) is 6.79. The molecule has 0 unspecified atom stereocenters. The molecule has 0 spiro atoms. The number of hydroxylamine groups is 1. The SMILES string of the molecule is CCC[C@H](NC(=O)C(C)(C)C)c1ccc(C(=O)NO)cc1. The largest absolute Gasteiger partial charge is 0.349 e. The van der Waals surface area contributed by atoms with Gasteiger partial charge in [0.15, 0.2) is 0 Å². The molecule has 0 bridgehead atoms. The first-order chi connectivity index (χ1) is 9.79. The first kappa shape index (κ1) is 17.2. The number of amides is 2. The highest BCUT2D eigenvalue weighted by molar-refractivity contribution is 5.93. The van der Waals surface area contributed by atoms with Gasteiger partial charge >= 0.3 is 0 Å². The fourth-order valence-electron chi connectivity index (χ4n) is 1.92. The summed E-state index contributed by atoms with van der Waals surface area (Å²) in [5.41, 5.74) is 2.48. The molecule has 1 aromatic rings. The number of nitrogens with one attached hydrogen (secondary N) is 2. The van der Waals surface area contributed by atoms with Crippen LogP contribution in [0.15, 0.2) is 24.3 Å². The Hall–Kier alpha value is -1.88. The van der Waals surface area contributed by atoms with Gasteiger partial charge in [-0.3, -0.25) is 14.8 Å². The molecule has 0 aliphatic heterocycles. The maximum absolute atomic E-state index is 12.1. The normalized spacial score (nSPS) is 12.6. The monoisotopic (exact) mass is 292 g/mol. The molecule has 1 rings (SSSR count). The molecule has 0 aliphatic carbocycles. The van der Waals surface area contributed by atoms with Crippen molar-refractivity contribution in [1.82, 2.24) is 10.8 Å². The zero-order valence-electron chi connectivity index (χ0n) is 13.1. The van der Waals surface area contributed by atoms with Crippen LogP contribution in [0.5, 0.6) is 0 Å². The predicted molar refractivity (Wildman–Crippen MR) is 80.9 cm³/mol. The van der Waals surface area contributed by atoms with Crippen LogP contribution in [-0.4, -0.2) is 17.0 Å². The summed E-state index contributed by atoms with van der Waals surface area (Å²) in [7, 11) is 0. The van der Waals surface area contributed by atoms with E-state index in [1.54, 1.807) is 29.7 Å². The molecule has 116 valence electrons. The number of carbonyl (C=O) groups excluding carboxylic acids is 2. The summed E-state index contributed by atoms with van der Waals surface area (Å²) in [5, 5.41) is 11.7. The average Bonchev–Trinajstić information content (AvgIpc) is 2.45. The van der Waals surface area contributed by atoms with Crippen molar-refractivity contribution in [3.8, 4) is 0 Å². The van der Waals surface area contributed by atoms with Gasteiger partial charge < -0.3 is 5.32 Å². The summed E-state index contributed by atoms with van der Waals surface area (Å²) < 4.78 is 0. The van der Waals surface area contributed by atoms with Crippen molar-refractivity contribution in [2.24, 2.45) is 5.41 Å². The van der Waals surface area contributed by atoms with Gasteiger partial charge in [0.2, 0.25) is 5.91 Å². The summed E-state index contributed by atoms with van der Waals surface area (Å²) in [6.07, 6.45) is 1.77. The molecule has 0 aromatic heterocycles. The highest BCUT2D eigenvalue weighted by Gasteiger charge is 2.24. The smallest absolute Gasteiger partial charge is 0.274 e. The molecule has 0 heterocycles. The van der Waals surface area contributed by atoms with Gasteiger partial charge in [-0.05, 0) is 24.1 Å². The van der Waals surface area contributed by atoms with Crippen molar-refractivity contribution in [3.63, 3.8) is 0 Å². The third-order valence-electron chi connectivity index (χ3n) is 3.24. The summed E-state index contributed by atoms with van der Waals surface area (Å²) >= 11 is 0. The molecule has 21 heavy (non-hydrogen) atoms. The Kier molecular flexibility index (Phi) is 5.90. The molecule has 0 fully saturated rings. The number of rotatable bonds is 5. The molecule has 5 nitrogen and oxygen atoms in total. The lowest BCUT2D eigenvalue weighted by Crippen LogP contribution is -2.37. The maximum atomic E-state index is 12.1. The van der Waals surface area contributed by atoms with Gasteiger partial charge in [-0.2, -0.15) is 0 Å². The van der Waals surface area contributed by atoms with Crippen LogP contribution in [0.25, 0.3) is 0 Å². The van der Waals surface area contributed by atoms with Crippen molar-refractivity contribution in [3.05, 3.63) is 35.4 Å². The van der Waals surface area contributed by atoms with E-state index in [2.05, 4.69) is 12.2 Å². The minimum atomic E-state index is -0.549. The topological polar surface area (TPSA) is 78.4 Å². The third-order valence-corrected chi connectivity index (χ3v) is 3.24. The van der Waals surface area contributed by atoms with Crippen LogP contribution >= 0.6 is 0 Å². The highest BCUT2D eigenvalue weighted by atomic mass is 16.5. The lowest BCUT2D eigenvalue weighted by molar-refractivity contribution is -0.129. The molecule has 1 atom stereocenters. The van der Waals surface area contributed by atoms with E-state index in [0.29, 0.717) is 5.56 Å². The van der Waals surface area contributed by atoms with Gasteiger partial charge in [-0.25, -0.2) is 5.48 Å². The molecule has 0 aliphatic rings. The second-order valence-corrected chi connectivity index (χ2v) is 6.13. The second kappa shape index (κ2) is 7.22. The Morgan fingerprint density at radius 1 is 1.19 bits per heavy atom. The Labute approximate surface area is 125 Å². The fourth-order valence-corrected chi connectivity index (χ4v) is 1.92. The van der Waals surface area contributed by atoms with Crippen molar-refractivity contribution in [2.75, 3.05) is 0 Å². The molecule has 1 aromatic carbocycles. The van der Waals surface area contributed by atoms with Gasteiger partial charge in [0, 0.05) is 11.0 Å². The first-order valence-electron chi connectivity index (χ1n) is 7.15. The average molecular weight is 292 g/mol. The van der Waals surface area contributed by atoms with Crippen LogP contribution < -0.4 is 10.8 Å². The quantitative estimate of drug-likeness (QED) is 0.577. The number of hydrogen-bond acceptors (Lipinski definition) is 3. The van der Waals surface area contributed by atoms with E-state index in [1.807, 2.05) is 20.8 Å². The van der Waals surface area contributed by atoms with Crippen molar-refractivity contribution >= 4 is 11.8 Å². The molecule has 3 N–H and O–H groups in total. The summed E-state index contributed by atoms with van der Waals surface area (Å²) in [5.74, 6) is -0.551. The van der Waals surface area contributed by atoms with E-state index in [9.17, 15) is 9.59 Å². The summed E-state index contributed by atoms with van der Waals surface area (Å²) in [6.45, 7) is 7.68. The van der Waals surface area contributed by atoms with E-state index in [4.69, 9.17) is 5.21 Å². The second-order valence-electron chi connectivity index (χ2n) is 6.13. The molecule has 5 heteroatoms. The zero-order valence-corrected chi connectivity index (χ0v) is 13.1. The Balaban J connectivity index is 2.90. The number of benzene rings is 1. The Morgan fingerprint density at radius 2 is 1.76 bits per heavy atom. The van der Waals surface area contributed by atoms with Crippen LogP contribution in [0.3, 0.4) is 0 Å². The molecular formula is C16H24N2O3. The van der Waals surface area contributed by atoms with Crippen LogP contribution in [0.1, 0.15) is 62.5 Å². The van der Waals surface area contributed by atoms with Gasteiger partial charge in [0.25, 0.3) is 5.91 Å². The highest BCUT2D eigenvalue weighted by Crippen LogP contribution is 2.22. The predicted octanol–water partition coefficient (Wildman–Crippen LogP) is 2.81. The van der Waals surface area contributed by atoms with Gasteiger partial charge in [0.1, 0.15) is 0 Å². The van der Waals surface area contributed by atoms with E-state index in [0.717, 1.165) is 18.4 Å². The standard InChI is InChI=1S/C16H24N2O3/c1-5-6-13(17-15(20)16(2,3)4)11-7-9-12(10-8-11)14(19)18-21/h7-10,13,21H,5-6H2,1-4H3,(H,17,20)(H,18,19)/t13-/m0/s1. The lowest BCUT2D eigenvalue weighted by Gasteiger charge is -2.24. The molecule has 0 saturated carbocycles. The molecular weight excluding hydrogens is 268 g/mol.